The van der Waals surface area contributed by atoms with Gasteiger partial charge in [-0.25, -0.2) is 0 Å². The van der Waals surface area contributed by atoms with E-state index >= 15 is 0 Å². The van der Waals surface area contributed by atoms with E-state index in [1.807, 2.05) is 0 Å². The Balaban J connectivity index is 0.000000192. The van der Waals surface area contributed by atoms with Crippen molar-refractivity contribution >= 4 is 48.1 Å². The third-order valence-electron chi connectivity index (χ3n) is 11.0. The van der Waals surface area contributed by atoms with Crippen LogP contribution in [-0.2, 0) is 27.3 Å². The topological polar surface area (TPSA) is 0 Å². The summed E-state index contributed by atoms with van der Waals surface area (Å²) in [6.07, 6.45) is 14.9. The summed E-state index contributed by atoms with van der Waals surface area (Å²) in [4.78, 5) is 0. The molecule has 0 amide bonds. The molecule has 4 heteroatoms. The average Bonchev–Trinajstić information content (AvgIpc) is 3.78. The summed E-state index contributed by atoms with van der Waals surface area (Å²) in [6, 6.07) is 32.6. The van der Waals surface area contributed by atoms with Crippen LogP contribution in [0.2, 0.25) is 13.1 Å². The Morgan fingerprint density at radius 2 is 1.37 bits per heavy atom. The van der Waals surface area contributed by atoms with Crippen LogP contribution in [0.15, 0.2) is 84.9 Å². The normalized spacial score (nSPS) is 18.3. The molecule has 1 unspecified atom stereocenters. The van der Waals surface area contributed by atoms with E-state index in [2.05, 4.69) is 126 Å². The van der Waals surface area contributed by atoms with Crippen LogP contribution in [0.4, 0.5) is 0 Å². The van der Waals surface area contributed by atoms with Crippen molar-refractivity contribution in [2.45, 2.75) is 129 Å². The van der Waals surface area contributed by atoms with Crippen LogP contribution >= 0.6 is 17.0 Å². The van der Waals surface area contributed by atoms with Crippen LogP contribution in [0.25, 0.3) is 32.7 Å². The number of halogens is 2. The average molecular weight is 789 g/mol. The maximum atomic E-state index is 4.93. The van der Waals surface area contributed by atoms with Gasteiger partial charge >= 0.3 is 37.9 Å². The van der Waals surface area contributed by atoms with Gasteiger partial charge in [0.15, 0.2) is 0 Å². The standard InChI is InChI=1S/C23H25.C20H27.C2H6Si.2ClH.Zr/c1-2-17-15-21-9-6-10-22(23(21)16-17)20-13-11-19(12-14-20)18-7-4-3-5-8-18;1-4-15(3)19-7-5-6-17-12-18(13-20(17)19)16-10-8-14(2)9-11-16;1-3-2;;;/h6,9-16,18H,2-5,7-8H2,1H3;5-7,12-16H,4,8-11H2,1-3H3;1-2H3;2*1H;/q2*-1;;;;+4/p-2. The molecular formula is C45H58Cl2SiZr. The van der Waals surface area contributed by atoms with Crippen molar-refractivity contribution in [3.63, 3.8) is 0 Å². The van der Waals surface area contributed by atoms with E-state index in [1.54, 1.807) is 11.1 Å². The second-order valence-corrected chi connectivity index (χ2v) is 19.2. The first kappa shape index (κ1) is 40.3. The van der Waals surface area contributed by atoms with Crippen LogP contribution in [0.3, 0.4) is 0 Å². The predicted molar refractivity (Wildman–Crippen MR) is 218 cm³/mol. The first-order chi connectivity index (χ1) is 23.9. The fourth-order valence-electron chi connectivity index (χ4n) is 7.88. The fraction of sp³-hybridized carbons (Fsp3) is 0.467. The van der Waals surface area contributed by atoms with Gasteiger partial charge in [-0.15, -0.1) is 69.1 Å². The van der Waals surface area contributed by atoms with E-state index in [0.717, 1.165) is 33.7 Å². The molecule has 2 saturated carbocycles. The molecule has 1 atom stereocenters. The van der Waals surface area contributed by atoms with Crippen molar-refractivity contribution < 1.29 is 20.8 Å². The Morgan fingerprint density at radius 3 is 1.98 bits per heavy atom. The fourth-order valence-corrected chi connectivity index (χ4v) is 7.88. The van der Waals surface area contributed by atoms with E-state index in [4.69, 9.17) is 17.0 Å². The van der Waals surface area contributed by atoms with Crippen LogP contribution in [0.1, 0.15) is 132 Å². The van der Waals surface area contributed by atoms with Gasteiger partial charge in [0.05, 0.1) is 0 Å². The Bertz CT molecular complexity index is 1650. The molecule has 0 spiro atoms. The van der Waals surface area contributed by atoms with Crippen molar-refractivity contribution in [1.82, 2.24) is 0 Å². The number of benzene rings is 3. The van der Waals surface area contributed by atoms with Crippen molar-refractivity contribution in [2.75, 3.05) is 0 Å². The predicted octanol–water partition coefficient (Wildman–Crippen LogP) is 15.4. The van der Waals surface area contributed by atoms with Gasteiger partial charge in [-0.1, -0.05) is 127 Å². The molecule has 49 heavy (non-hydrogen) atoms. The summed E-state index contributed by atoms with van der Waals surface area (Å²) in [7, 11) is 11.0. The zero-order valence-corrected chi connectivity index (χ0v) is 35.9. The molecule has 0 nitrogen and oxygen atoms in total. The van der Waals surface area contributed by atoms with Crippen molar-refractivity contribution in [3.05, 3.63) is 107 Å². The van der Waals surface area contributed by atoms with E-state index in [1.165, 1.54) is 108 Å². The summed E-state index contributed by atoms with van der Waals surface area (Å²) in [5, 5.41) is 5.73. The molecule has 7 rings (SSSR count). The van der Waals surface area contributed by atoms with Crippen LogP contribution in [0, 0.1) is 5.92 Å². The Labute approximate surface area is 320 Å². The molecule has 0 heterocycles. The first-order valence-electron chi connectivity index (χ1n) is 18.9. The van der Waals surface area contributed by atoms with Gasteiger partial charge in [0.1, 0.15) is 0 Å². The first-order valence-corrected chi connectivity index (χ1v) is 27.2. The van der Waals surface area contributed by atoms with Gasteiger partial charge in [0.2, 0.25) is 0 Å². The minimum absolute atomic E-state index is 0.667. The Hall–Kier alpha value is -1.44. The van der Waals surface area contributed by atoms with E-state index in [9.17, 15) is 0 Å². The zero-order valence-electron chi connectivity index (χ0n) is 30.9. The molecule has 5 aromatic carbocycles. The number of hydrogen-bond donors (Lipinski definition) is 0. The summed E-state index contributed by atoms with van der Waals surface area (Å²) in [5.41, 5.74) is 8.84. The molecule has 2 aliphatic carbocycles. The summed E-state index contributed by atoms with van der Waals surface area (Å²) < 4.78 is 0. The molecular weight excluding hydrogens is 731 g/mol. The van der Waals surface area contributed by atoms with Gasteiger partial charge in [0.25, 0.3) is 0 Å². The molecule has 2 aliphatic rings. The molecule has 5 aromatic rings. The van der Waals surface area contributed by atoms with E-state index in [-0.39, 0.29) is 0 Å². The number of hydrogen-bond acceptors (Lipinski definition) is 0. The second-order valence-electron chi connectivity index (χ2n) is 14.5. The third-order valence-corrected chi connectivity index (χ3v) is 11.0. The van der Waals surface area contributed by atoms with Crippen molar-refractivity contribution in [3.8, 4) is 11.1 Å². The second kappa shape index (κ2) is 21.2. The van der Waals surface area contributed by atoms with Crippen molar-refractivity contribution in [1.29, 1.82) is 0 Å². The quantitative estimate of drug-likeness (QED) is 0.119. The van der Waals surface area contributed by atoms with Gasteiger partial charge in [-0.2, -0.15) is 12.1 Å². The zero-order chi connectivity index (χ0) is 35.2. The maximum absolute atomic E-state index is 4.93. The van der Waals surface area contributed by atoms with Crippen LogP contribution < -0.4 is 0 Å². The summed E-state index contributed by atoms with van der Waals surface area (Å²) in [6.45, 7) is 13.6. The SMILES string of the molecule is CCC(C)c1cccc2[cH-]c(C3CCC(C)CC3)cc12.CCc1cc2c(-c3ccc(C4CCCCC4)cc3)cccc2[cH-]1.C[Si]C.[Cl][Zr+2][Cl]. The molecule has 0 N–H and O–H groups in total. The van der Waals surface area contributed by atoms with Gasteiger partial charge in [-0.05, 0) is 66.9 Å². The monoisotopic (exact) mass is 786 g/mol. The van der Waals surface area contributed by atoms with Gasteiger partial charge < -0.3 is 0 Å². The molecule has 260 valence electrons. The third kappa shape index (κ3) is 11.3. The van der Waals surface area contributed by atoms with Crippen LogP contribution in [-0.4, -0.2) is 9.52 Å². The molecule has 0 aromatic heterocycles. The van der Waals surface area contributed by atoms with E-state index < -0.39 is 20.8 Å². The molecule has 2 radical (unpaired) electrons. The van der Waals surface area contributed by atoms with Gasteiger partial charge in [0, 0.05) is 9.52 Å². The number of rotatable bonds is 6. The Morgan fingerprint density at radius 1 is 0.755 bits per heavy atom. The van der Waals surface area contributed by atoms with Crippen molar-refractivity contribution in [2.24, 2.45) is 5.92 Å². The molecule has 0 aliphatic heterocycles. The Kier molecular flexibility index (Phi) is 17.4. The summed E-state index contributed by atoms with van der Waals surface area (Å²) in [5.74, 6) is 3.20. The molecule has 0 saturated heterocycles. The summed E-state index contributed by atoms with van der Waals surface area (Å²) >= 11 is -0.826. The minimum atomic E-state index is -0.826. The van der Waals surface area contributed by atoms with Crippen LogP contribution in [0.5, 0.6) is 0 Å². The van der Waals surface area contributed by atoms with Gasteiger partial charge in [-0.3, -0.25) is 0 Å². The molecule has 2 fully saturated rings. The number of aryl methyl sites for hydroxylation is 1. The number of fused-ring (bicyclic) bond motifs is 2. The van der Waals surface area contributed by atoms with E-state index in [0.29, 0.717) is 5.92 Å². The molecule has 0 bridgehead atoms.